The van der Waals surface area contributed by atoms with E-state index in [1.807, 2.05) is 24.3 Å². The molecule has 5 nitrogen and oxygen atoms in total. The van der Waals surface area contributed by atoms with Gasteiger partial charge in [0.15, 0.2) is 17.7 Å². The van der Waals surface area contributed by atoms with Crippen LogP contribution in [0.4, 0.5) is 17.6 Å². The summed E-state index contributed by atoms with van der Waals surface area (Å²) >= 11 is 0. The Morgan fingerprint density at radius 3 is 1.63 bits per heavy atom. The number of carbonyl (C=O) groups excluding carboxylic acids is 2. The van der Waals surface area contributed by atoms with Crippen molar-refractivity contribution in [2.75, 3.05) is 6.61 Å². The fourth-order valence-corrected chi connectivity index (χ4v) is 5.79. The van der Waals surface area contributed by atoms with Gasteiger partial charge in [0.2, 0.25) is 0 Å². The predicted octanol–water partition coefficient (Wildman–Crippen LogP) is 12.8. The molecule has 0 aliphatic carbocycles. The van der Waals surface area contributed by atoms with Crippen LogP contribution in [0, 0.1) is 5.82 Å². The van der Waals surface area contributed by atoms with E-state index in [0.717, 1.165) is 80.4 Å². The van der Waals surface area contributed by atoms with Crippen molar-refractivity contribution in [1.29, 1.82) is 0 Å². The Kier molecular flexibility index (Phi) is 18.6. The summed E-state index contributed by atoms with van der Waals surface area (Å²) in [4.78, 5) is 25.3. The summed E-state index contributed by atoms with van der Waals surface area (Å²) in [6.45, 7) is 5.02. The van der Waals surface area contributed by atoms with E-state index in [0.29, 0.717) is 19.1 Å². The Bertz CT molecular complexity index is 1440. The Morgan fingerprint density at radius 2 is 1.10 bits per heavy atom. The molecule has 3 rings (SSSR count). The number of hydrogen-bond acceptors (Lipinski definition) is 5. The highest BCUT2D eigenvalue weighted by Gasteiger charge is 2.42. The molecule has 1 unspecified atom stereocenters. The molecule has 51 heavy (non-hydrogen) atoms. The van der Waals surface area contributed by atoms with Crippen LogP contribution in [0.25, 0.3) is 11.1 Å². The van der Waals surface area contributed by atoms with Gasteiger partial charge in [-0.3, -0.25) is 0 Å². The average Bonchev–Trinajstić information content (AvgIpc) is 3.12. The van der Waals surface area contributed by atoms with Crippen LogP contribution in [0.3, 0.4) is 0 Å². The zero-order valence-corrected chi connectivity index (χ0v) is 30.2. The second-order valence-corrected chi connectivity index (χ2v) is 13.2. The van der Waals surface area contributed by atoms with Crippen LogP contribution >= 0.6 is 0 Å². The van der Waals surface area contributed by atoms with Gasteiger partial charge in [0.05, 0.1) is 17.7 Å². The maximum absolute atomic E-state index is 14.8. The van der Waals surface area contributed by atoms with E-state index in [2.05, 4.69) is 13.8 Å². The standard InChI is InChI=1S/C42H54F4O5/c1-3-5-7-9-11-13-15-17-19-39(42(44,45)46)51-41(48)35-26-29-38(37(43)31-35)50-40(47)34-22-20-32(21-23-34)33-24-27-36(28-25-33)49-30-18-16-14-12-10-8-6-4-2/h20-29,31,39H,3-19,30H2,1-2H3. The Balaban J connectivity index is 1.46. The predicted molar refractivity (Wildman–Crippen MR) is 194 cm³/mol. The molecule has 0 radical (unpaired) electrons. The van der Waals surface area contributed by atoms with Gasteiger partial charge in [-0.15, -0.1) is 0 Å². The van der Waals surface area contributed by atoms with Gasteiger partial charge < -0.3 is 14.2 Å². The maximum Gasteiger partial charge on any atom is 0.425 e. The van der Waals surface area contributed by atoms with E-state index in [4.69, 9.17) is 14.2 Å². The number of ether oxygens (including phenoxy) is 3. The molecular formula is C42H54F4O5. The van der Waals surface area contributed by atoms with E-state index in [9.17, 15) is 27.2 Å². The second-order valence-electron chi connectivity index (χ2n) is 13.2. The van der Waals surface area contributed by atoms with Crippen molar-refractivity contribution in [2.24, 2.45) is 0 Å². The smallest absolute Gasteiger partial charge is 0.425 e. The number of esters is 2. The largest absolute Gasteiger partial charge is 0.494 e. The Hall–Kier alpha value is -3.88. The van der Waals surface area contributed by atoms with E-state index in [1.54, 1.807) is 24.3 Å². The first-order chi connectivity index (χ1) is 24.6. The molecule has 1 atom stereocenters. The van der Waals surface area contributed by atoms with Gasteiger partial charge in [-0.2, -0.15) is 13.2 Å². The summed E-state index contributed by atoms with van der Waals surface area (Å²) in [7, 11) is 0. The molecule has 0 amide bonds. The summed E-state index contributed by atoms with van der Waals surface area (Å²) in [6, 6.07) is 17.1. The Labute approximate surface area is 301 Å². The number of halogens is 4. The molecule has 9 heteroatoms. The first-order valence-electron chi connectivity index (χ1n) is 18.7. The minimum atomic E-state index is -4.75. The number of alkyl halides is 3. The average molecular weight is 715 g/mol. The third-order valence-electron chi connectivity index (χ3n) is 8.88. The summed E-state index contributed by atoms with van der Waals surface area (Å²) in [5, 5.41) is 0. The fourth-order valence-electron chi connectivity index (χ4n) is 5.79. The SMILES string of the molecule is CCCCCCCCCCOc1ccc(-c2ccc(C(=O)Oc3ccc(C(=O)OC(CCCCCCCCCC)C(F)(F)F)cc3F)cc2)cc1. The lowest BCUT2D eigenvalue weighted by atomic mass is 10.0. The highest BCUT2D eigenvalue weighted by atomic mass is 19.4. The van der Waals surface area contributed by atoms with Crippen LogP contribution in [0.15, 0.2) is 66.7 Å². The molecule has 0 bridgehead atoms. The number of benzene rings is 3. The normalized spacial score (nSPS) is 12.0. The van der Waals surface area contributed by atoms with Crippen molar-refractivity contribution in [2.45, 2.75) is 135 Å². The minimum Gasteiger partial charge on any atom is -0.494 e. The third kappa shape index (κ3) is 15.5. The van der Waals surface area contributed by atoms with Crippen molar-refractivity contribution in [3.63, 3.8) is 0 Å². The van der Waals surface area contributed by atoms with Gasteiger partial charge in [0.25, 0.3) is 0 Å². The zero-order chi connectivity index (χ0) is 36.9. The second kappa shape index (κ2) is 22.8. The quantitative estimate of drug-likeness (QED) is 0.0400. The van der Waals surface area contributed by atoms with E-state index >= 15 is 0 Å². The monoisotopic (exact) mass is 714 g/mol. The topological polar surface area (TPSA) is 61.8 Å². The van der Waals surface area contributed by atoms with Crippen LogP contribution in [0.1, 0.15) is 144 Å². The zero-order valence-electron chi connectivity index (χ0n) is 30.2. The minimum absolute atomic E-state index is 0.168. The van der Waals surface area contributed by atoms with Crippen molar-refractivity contribution in [1.82, 2.24) is 0 Å². The summed E-state index contributed by atoms with van der Waals surface area (Å²) in [5.41, 5.74) is 1.54. The van der Waals surface area contributed by atoms with Crippen molar-refractivity contribution < 1.29 is 41.4 Å². The number of rotatable bonds is 24. The van der Waals surface area contributed by atoms with Crippen LogP contribution in [0.2, 0.25) is 0 Å². The molecule has 0 heterocycles. The number of carbonyl (C=O) groups is 2. The molecule has 0 N–H and O–H groups in total. The summed E-state index contributed by atoms with van der Waals surface area (Å²) in [6.07, 6.45) is 9.61. The molecule has 0 saturated carbocycles. The maximum atomic E-state index is 14.8. The van der Waals surface area contributed by atoms with Gasteiger partial charge in [-0.1, -0.05) is 128 Å². The van der Waals surface area contributed by atoms with Crippen molar-refractivity contribution in [3.05, 3.63) is 83.7 Å². The molecule has 0 aliphatic rings. The molecule has 280 valence electrons. The summed E-state index contributed by atoms with van der Waals surface area (Å²) in [5.74, 6) is -2.88. The lowest BCUT2D eigenvalue weighted by Crippen LogP contribution is -2.34. The molecule has 3 aromatic carbocycles. The molecule has 3 aromatic rings. The molecule has 0 saturated heterocycles. The highest BCUT2D eigenvalue weighted by Crippen LogP contribution is 2.29. The third-order valence-corrected chi connectivity index (χ3v) is 8.88. The van der Waals surface area contributed by atoms with Crippen molar-refractivity contribution in [3.8, 4) is 22.6 Å². The van der Waals surface area contributed by atoms with Crippen molar-refractivity contribution >= 4 is 11.9 Å². The van der Waals surface area contributed by atoms with Gasteiger partial charge >= 0.3 is 18.1 Å². The fraction of sp³-hybridized carbons (Fsp3) is 0.524. The first-order valence-corrected chi connectivity index (χ1v) is 18.7. The van der Waals surface area contributed by atoms with Gasteiger partial charge in [0.1, 0.15) is 5.75 Å². The van der Waals surface area contributed by atoms with Crippen LogP contribution in [0.5, 0.6) is 11.5 Å². The molecular weight excluding hydrogens is 660 g/mol. The lowest BCUT2D eigenvalue weighted by molar-refractivity contribution is -0.206. The highest BCUT2D eigenvalue weighted by molar-refractivity contribution is 5.92. The number of hydrogen-bond donors (Lipinski definition) is 0. The van der Waals surface area contributed by atoms with Gasteiger partial charge in [-0.05, 0) is 72.9 Å². The molecule has 0 aromatic heterocycles. The molecule has 0 spiro atoms. The number of unbranched alkanes of at least 4 members (excludes halogenated alkanes) is 14. The van der Waals surface area contributed by atoms with Crippen LogP contribution < -0.4 is 9.47 Å². The van der Waals surface area contributed by atoms with E-state index < -0.39 is 41.3 Å². The Morgan fingerprint density at radius 1 is 0.608 bits per heavy atom. The lowest BCUT2D eigenvalue weighted by Gasteiger charge is -2.21. The first kappa shape index (κ1) is 41.5. The van der Waals surface area contributed by atoms with E-state index in [1.165, 1.54) is 38.5 Å². The molecule has 0 aliphatic heterocycles. The van der Waals surface area contributed by atoms with Gasteiger partial charge in [0, 0.05) is 0 Å². The van der Waals surface area contributed by atoms with Crippen LogP contribution in [-0.4, -0.2) is 30.8 Å². The van der Waals surface area contributed by atoms with E-state index in [-0.39, 0.29) is 18.4 Å². The molecule has 0 fully saturated rings. The van der Waals surface area contributed by atoms with Crippen LogP contribution in [-0.2, 0) is 4.74 Å². The van der Waals surface area contributed by atoms with Gasteiger partial charge in [-0.25, -0.2) is 14.0 Å². The summed E-state index contributed by atoms with van der Waals surface area (Å²) < 4.78 is 71.4.